The van der Waals surface area contributed by atoms with E-state index in [4.69, 9.17) is 9.47 Å². The zero-order valence-electron chi connectivity index (χ0n) is 35.4. The third-order valence-corrected chi connectivity index (χ3v) is 12.9. The number of Topliss-reactive ketones (excluding diaryl/α,β-unsaturated/α-hetero) is 1. The maximum Gasteiger partial charge on any atom is 0.233 e. The van der Waals surface area contributed by atoms with Crippen molar-refractivity contribution in [2.75, 3.05) is 31.1 Å². The molecule has 0 aromatic heterocycles. The summed E-state index contributed by atoms with van der Waals surface area (Å²) in [5, 5.41) is 31.8. The predicted molar refractivity (Wildman–Crippen MR) is 226 cm³/mol. The fraction of sp³-hybridized carbons (Fsp3) is 0.830. The lowest BCUT2D eigenvalue weighted by molar-refractivity contribution is -0.141. The van der Waals surface area contributed by atoms with E-state index >= 15 is 0 Å². The van der Waals surface area contributed by atoms with Gasteiger partial charge in [-0.15, -0.1) is 0 Å². The zero-order valence-corrected chi connectivity index (χ0v) is 35.4. The molecule has 1 amide bonds. The number of nitrogens with zero attached hydrogens (tertiary/aromatic N) is 2. The second-order valence-electron chi connectivity index (χ2n) is 17.4. The summed E-state index contributed by atoms with van der Waals surface area (Å²) in [6, 6.07) is 10.3. The van der Waals surface area contributed by atoms with Crippen molar-refractivity contribution in [2.45, 2.75) is 217 Å². The summed E-state index contributed by atoms with van der Waals surface area (Å²) in [5.41, 5.74) is 1.19. The van der Waals surface area contributed by atoms with E-state index in [0.29, 0.717) is 25.9 Å². The van der Waals surface area contributed by atoms with Crippen molar-refractivity contribution in [3.05, 3.63) is 30.3 Å². The van der Waals surface area contributed by atoms with Gasteiger partial charge in [0.2, 0.25) is 5.91 Å². The van der Waals surface area contributed by atoms with Crippen molar-refractivity contribution in [3.63, 3.8) is 0 Å². The van der Waals surface area contributed by atoms with Gasteiger partial charge in [-0.3, -0.25) is 9.59 Å². The van der Waals surface area contributed by atoms with Crippen molar-refractivity contribution in [2.24, 2.45) is 5.92 Å². The number of ketones is 1. The van der Waals surface area contributed by atoms with Crippen LogP contribution in [0.4, 0.5) is 5.69 Å². The molecule has 0 spiro atoms. The van der Waals surface area contributed by atoms with E-state index in [2.05, 4.69) is 24.0 Å². The Bertz CT molecular complexity index is 1190. The van der Waals surface area contributed by atoms with Crippen LogP contribution in [-0.2, 0) is 19.1 Å². The van der Waals surface area contributed by atoms with Gasteiger partial charge in [0.1, 0.15) is 5.78 Å². The quantitative estimate of drug-likeness (QED) is 0.0545. The number of hydrogen-bond acceptors (Lipinski definition) is 8. The Morgan fingerprint density at radius 2 is 1.07 bits per heavy atom. The van der Waals surface area contributed by atoms with Gasteiger partial charge in [0.15, 0.2) is 0 Å². The van der Waals surface area contributed by atoms with E-state index in [1.54, 1.807) is 6.92 Å². The first-order valence-corrected chi connectivity index (χ1v) is 23.2. The van der Waals surface area contributed by atoms with Gasteiger partial charge in [-0.1, -0.05) is 121 Å². The molecule has 9 heteroatoms. The molecule has 0 bridgehead atoms. The Hall–Kier alpha value is -2.04. The van der Waals surface area contributed by atoms with Crippen molar-refractivity contribution >= 4 is 17.4 Å². The number of carbonyl (C=O) groups is 2. The van der Waals surface area contributed by atoms with Gasteiger partial charge in [-0.25, -0.2) is 0 Å². The lowest BCUT2D eigenvalue weighted by Crippen LogP contribution is -2.51. The average molecular weight is 785 g/mol. The minimum atomic E-state index is -0.491. The monoisotopic (exact) mass is 785 g/mol. The number of piperazine rings is 1. The Labute approximate surface area is 340 Å². The fourth-order valence-electron chi connectivity index (χ4n) is 9.21. The molecule has 3 aliphatic heterocycles. The summed E-state index contributed by atoms with van der Waals surface area (Å²) in [6.45, 7) is 6.73. The highest BCUT2D eigenvalue weighted by molar-refractivity contribution is 6.00. The lowest BCUT2D eigenvalue weighted by atomic mass is 9.95. The van der Waals surface area contributed by atoms with Crippen LogP contribution in [0, 0.1) is 5.92 Å². The first kappa shape index (κ1) is 46.6. The van der Waals surface area contributed by atoms with Crippen LogP contribution in [0.25, 0.3) is 0 Å². The van der Waals surface area contributed by atoms with Crippen LogP contribution in [-0.4, -0.2) is 101 Å². The van der Waals surface area contributed by atoms with Crippen LogP contribution < -0.4 is 4.90 Å². The third-order valence-electron chi connectivity index (χ3n) is 12.9. The Balaban J connectivity index is 0.940. The minimum absolute atomic E-state index is 0.00329. The number of para-hydroxylation sites is 1. The number of amides is 1. The molecule has 0 aliphatic carbocycles. The third kappa shape index (κ3) is 16.7. The topological polar surface area (TPSA) is 120 Å². The molecule has 9 nitrogen and oxygen atoms in total. The SMILES string of the molecule is CCCCCC[C@H](O)CCC[C@H](O)[C@H]1CC[C@H]([C@H]2CC[C@H]([C@H](O)CCCCCCCCCCCCCC(C(C)=O)C(=O)N3CCN(c4ccccc4)CC3)O2)O1. The van der Waals surface area contributed by atoms with Gasteiger partial charge in [-0.2, -0.15) is 0 Å². The molecule has 1 aromatic carbocycles. The summed E-state index contributed by atoms with van der Waals surface area (Å²) in [6.07, 6.45) is 24.1. The first-order chi connectivity index (χ1) is 27.3. The summed E-state index contributed by atoms with van der Waals surface area (Å²) in [5.74, 6) is -0.465. The highest BCUT2D eigenvalue weighted by Crippen LogP contribution is 2.35. The zero-order chi connectivity index (χ0) is 40.0. The number of carbonyl (C=O) groups excluding carboxylic acids is 2. The fourth-order valence-corrected chi connectivity index (χ4v) is 9.21. The average Bonchev–Trinajstić information content (AvgIpc) is 3.91. The molecular weight excluding hydrogens is 705 g/mol. The van der Waals surface area contributed by atoms with E-state index in [1.165, 1.54) is 63.5 Å². The Kier molecular flexibility index (Phi) is 22.4. The molecular formula is C47H80N2O7. The van der Waals surface area contributed by atoms with Crippen LogP contribution in [0.3, 0.4) is 0 Å². The number of ether oxygens (including phenoxy) is 2. The molecule has 3 saturated heterocycles. The molecule has 3 aliphatic rings. The number of rotatable bonds is 29. The second-order valence-corrected chi connectivity index (χ2v) is 17.4. The van der Waals surface area contributed by atoms with E-state index < -0.39 is 18.1 Å². The molecule has 1 unspecified atom stereocenters. The van der Waals surface area contributed by atoms with E-state index in [9.17, 15) is 24.9 Å². The van der Waals surface area contributed by atoms with Crippen LogP contribution in [0.2, 0.25) is 0 Å². The van der Waals surface area contributed by atoms with E-state index in [-0.39, 0.29) is 42.2 Å². The number of hydrogen-bond donors (Lipinski definition) is 3. The standard InChI is InChI=1S/C47H80N2O7/c1-3-4-5-18-24-39(51)25-21-28-42(53)44-30-32-46(56-44)45-31-29-43(55-45)41(52)27-20-14-12-10-8-6-7-9-11-13-19-26-40(37(2)50)47(54)49-35-33-48(34-36-49)38-22-16-15-17-23-38/h15-17,22-23,39-46,51-53H,3-14,18-21,24-36H2,1-2H3/t39-,40?,41+,42-,43+,44+,45+,46+/m0/s1. The Morgan fingerprint density at radius 1 is 0.607 bits per heavy atom. The van der Waals surface area contributed by atoms with Gasteiger partial charge in [-0.05, 0) is 83.3 Å². The highest BCUT2D eigenvalue weighted by atomic mass is 16.6. The van der Waals surface area contributed by atoms with Crippen LogP contribution in [0.15, 0.2) is 30.3 Å². The predicted octanol–water partition coefficient (Wildman–Crippen LogP) is 8.93. The van der Waals surface area contributed by atoms with Crippen LogP contribution >= 0.6 is 0 Å². The largest absolute Gasteiger partial charge is 0.393 e. The molecule has 1 aromatic rings. The van der Waals surface area contributed by atoms with Gasteiger partial charge in [0.05, 0.1) is 48.6 Å². The van der Waals surface area contributed by atoms with Gasteiger partial charge >= 0.3 is 0 Å². The van der Waals surface area contributed by atoms with Crippen molar-refractivity contribution in [1.29, 1.82) is 0 Å². The number of unbranched alkanes of at least 4 members (excludes halogenated alkanes) is 13. The molecule has 0 radical (unpaired) electrons. The molecule has 56 heavy (non-hydrogen) atoms. The summed E-state index contributed by atoms with van der Waals surface area (Å²) >= 11 is 0. The van der Waals surface area contributed by atoms with Gasteiger partial charge in [0.25, 0.3) is 0 Å². The van der Waals surface area contributed by atoms with E-state index in [0.717, 1.165) is 103 Å². The molecule has 3 heterocycles. The molecule has 4 rings (SSSR count). The summed E-state index contributed by atoms with van der Waals surface area (Å²) < 4.78 is 12.6. The van der Waals surface area contributed by atoms with Gasteiger partial charge in [0, 0.05) is 31.9 Å². The second kappa shape index (κ2) is 26.9. The van der Waals surface area contributed by atoms with Crippen molar-refractivity contribution in [3.8, 4) is 0 Å². The number of aliphatic hydroxyl groups excluding tert-OH is 3. The smallest absolute Gasteiger partial charge is 0.233 e. The summed E-state index contributed by atoms with van der Waals surface area (Å²) in [7, 11) is 0. The molecule has 3 fully saturated rings. The maximum absolute atomic E-state index is 13.2. The summed E-state index contributed by atoms with van der Waals surface area (Å²) in [4.78, 5) is 29.8. The molecule has 3 N–H and O–H groups in total. The minimum Gasteiger partial charge on any atom is -0.393 e. The number of aliphatic hydroxyl groups is 3. The molecule has 8 atom stereocenters. The lowest BCUT2D eigenvalue weighted by Gasteiger charge is -2.37. The normalized spacial score (nSPS) is 23.7. The van der Waals surface area contributed by atoms with Crippen molar-refractivity contribution < 1.29 is 34.4 Å². The van der Waals surface area contributed by atoms with Crippen molar-refractivity contribution in [1.82, 2.24) is 4.90 Å². The number of benzene rings is 1. The highest BCUT2D eigenvalue weighted by Gasteiger charge is 2.40. The molecule has 0 saturated carbocycles. The Morgan fingerprint density at radius 3 is 1.61 bits per heavy atom. The van der Waals surface area contributed by atoms with E-state index in [1.807, 2.05) is 23.1 Å². The van der Waals surface area contributed by atoms with Crippen LogP contribution in [0.1, 0.15) is 174 Å². The first-order valence-electron chi connectivity index (χ1n) is 23.2. The maximum atomic E-state index is 13.2. The van der Waals surface area contributed by atoms with Gasteiger partial charge < -0.3 is 34.6 Å². The number of anilines is 1. The molecule has 320 valence electrons. The van der Waals surface area contributed by atoms with Crippen LogP contribution in [0.5, 0.6) is 0 Å².